The molecule has 1 unspecified atom stereocenters. The standard InChI is InChI=1S/C14H23NO2/c1-12(6-5-9-15-2)17-11-13-7-4-8-14(10-13)16-3/h4,7-8,10,12,15H,5-6,9,11H2,1-3H3. The summed E-state index contributed by atoms with van der Waals surface area (Å²) >= 11 is 0. The van der Waals surface area contributed by atoms with Gasteiger partial charge in [-0.2, -0.15) is 0 Å². The number of nitrogens with one attached hydrogen (secondary N) is 1. The van der Waals surface area contributed by atoms with Crippen molar-refractivity contribution in [2.24, 2.45) is 0 Å². The Bertz CT molecular complexity index is 315. The van der Waals surface area contributed by atoms with Crippen molar-refractivity contribution in [1.82, 2.24) is 5.32 Å². The van der Waals surface area contributed by atoms with Crippen LogP contribution in [0.3, 0.4) is 0 Å². The smallest absolute Gasteiger partial charge is 0.119 e. The van der Waals surface area contributed by atoms with Crippen molar-refractivity contribution in [3.05, 3.63) is 29.8 Å². The van der Waals surface area contributed by atoms with Crippen LogP contribution in [0.5, 0.6) is 5.75 Å². The highest BCUT2D eigenvalue weighted by Crippen LogP contribution is 2.14. The molecular weight excluding hydrogens is 214 g/mol. The molecule has 0 aliphatic rings. The largest absolute Gasteiger partial charge is 0.497 e. The van der Waals surface area contributed by atoms with Crippen LogP contribution >= 0.6 is 0 Å². The zero-order valence-corrected chi connectivity index (χ0v) is 11.0. The second-order valence-electron chi connectivity index (χ2n) is 4.22. The monoisotopic (exact) mass is 237 g/mol. The van der Waals surface area contributed by atoms with Crippen LogP contribution in [0.15, 0.2) is 24.3 Å². The fourth-order valence-electron chi connectivity index (χ4n) is 1.65. The number of benzene rings is 1. The third-order valence-electron chi connectivity index (χ3n) is 2.71. The van der Waals surface area contributed by atoms with E-state index in [-0.39, 0.29) is 0 Å². The van der Waals surface area contributed by atoms with Gasteiger partial charge in [0.25, 0.3) is 0 Å². The van der Waals surface area contributed by atoms with Crippen LogP contribution in [0.4, 0.5) is 0 Å². The summed E-state index contributed by atoms with van der Waals surface area (Å²) < 4.78 is 11.0. The number of hydrogen-bond donors (Lipinski definition) is 1. The number of ether oxygens (including phenoxy) is 2. The predicted octanol–water partition coefficient (Wildman–Crippen LogP) is 2.60. The molecule has 0 saturated heterocycles. The molecule has 0 radical (unpaired) electrons. The van der Waals surface area contributed by atoms with E-state index in [1.54, 1.807) is 7.11 Å². The summed E-state index contributed by atoms with van der Waals surface area (Å²) in [6, 6.07) is 8.01. The van der Waals surface area contributed by atoms with Crippen LogP contribution in [0, 0.1) is 0 Å². The molecule has 1 N–H and O–H groups in total. The zero-order valence-electron chi connectivity index (χ0n) is 11.0. The van der Waals surface area contributed by atoms with E-state index in [1.165, 1.54) is 0 Å². The van der Waals surface area contributed by atoms with Crippen LogP contribution in [-0.2, 0) is 11.3 Å². The Kier molecular flexibility index (Phi) is 6.67. The van der Waals surface area contributed by atoms with E-state index in [2.05, 4.69) is 18.3 Å². The van der Waals surface area contributed by atoms with Gasteiger partial charge in [-0.15, -0.1) is 0 Å². The average molecular weight is 237 g/mol. The van der Waals surface area contributed by atoms with Gasteiger partial charge in [0.1, 0.15) is 5.75 Å². The molecule has 0 saturated carbocycles. The van der Waals surface area contributed by atoms with Crippen molar-refractivity contribution in [1.29, 1.82) is 0 Å². The zero-order chi connectivity index (χ0) is 12.5. The SMILES string of the molecule is CNCCCC(C)OCc1cccc(OC)c1. The van der Waals surface area contributed by atoms with Crippen LogP contribution in [0.1, 0.15) is 25.3 Å². The number of hydrogen-bond acceptors (Lipinski definition) is 3. The minimum atomic E-state index is 0.301. The van der Waals surface area contributed by atoms with E-state index < -0.39 is 0 Å². The maximum absolute atomic E-state index is 5.79. The van der Waals surface area contributed by atoms with E-state index in [9.17, 15) is 0 Å². The third-order valence-corrected chi connectivity index (χ3v) is 2.71. The second kappa shape index (κ2) is 8.09. The minimum Gasteiger partial charge on any atom is -0.497 e. The predicted molar refractivity (Wildman–Crippen MR) is 70.4 cm³/mol. The maximum Gasteiger partial charge on any atom is 0.119 e. The lowest BCUT2D eigenvalue weighted by Crippen LogP contribution is -2.13. The molecule has 0 fully saturated rings. The van der Waals surface area contributed by atoms with E-state index in [0.29, 0.717) is 12.7 Å². The Morgan fingerprint density at radius 1 is 1.35 bits per heavy atom. The molecule has 17 heavy (non-hydrogen) atoms. The van der Waals surface area contributed by atoms with Crippen molar-refractivity contribution in [2.75, 3.05) is 20.7 Å². The Balaban J connectivity index is 2.28. The van der Waals surface area contributed by atoms with Gasteiger partial charge in [-0.25, -0.2) is 0 Å². The van der Waals surface area contributed by atoms with Crippen molar-refractivity contribution in [3.8, 4) is 5.75 Å². The molecule has 3 nitrogen and oxygen atoms in total. The molecule has 1 atom stereocenters. The highest BCUT2D eigenvalue weighted by atomic mass is 16.5. The van der Waals surface area contributed by atoms with Gasteiger partial charge in [0.2, 0.25) is 0 Å². The Labute approximate surface area is 104 Å². The molecule has 0 amide bonds. The molecule has 1 aromatic carbocycles. The fraction of sp³-hybridized carbons (Fsp3) is 0.571. The first-order chi connectivity index (χ1) is 8.26. The lowest BCUT2D eigenvalue weighted by Gasteiger charge is -2.13. The third kappa shape index (κ3) is 5.71. The summed E-state index contributed by atoms with van der Waals surface area (Å²) in [6.07, 6.45) is 2.54. The molecule has 0 aliphatic heterocycles. The summed E-state index contributed by atoms with van der Waals surface area (Å²) in [7, 11) is 3.65. The number of methoxy groups -OCH3 is 1. The summed E-state index contributed by atoms with van der Waals surface area (Å²) in [5.41, 5.74) is 1.16. The topological polar surface area (TPSA) is 30.5 Å². The first-order valence-electron chi connectivity index (χ1n) is 6.15. The first-order valence-corrected chi connectivity index (χ1v) is 6.15. The first kappa shape index (κ1) is 14.0. The summed E-state index contributed by atoms with van der Waals surface area (Å²) in [6.45, 7) is 3.82. The molecule has 0 bridgehead atoms. The van der Waals surface area contributed by atoms with Gasteiger partial charge in [-0.1, -0.05) is 12.1 Å². The lowest BCUT2D eigenvalue weighted by atomic mass is 10.2. The molecule has 1 aromatic rings. The van der Waals surface area contributed by atoms with Gasteiger partial charge in [-0.3, -0.25) is 0 Å². The second-order valence-corrected chi connectivity index (χ2v) is 4.22. The lowest BCUT2D eigenvalue weighted by molar-refractivity contribution is 0.0464. The van der Waals surface area contributed by atoms with Gasteiger partial charge in [0.05, 0.1) is 19.8 Å². The minimum absolute atomic E-state index is 0.301. The molecule has 96 valence electrons. The fourth-order valence-corrected chi connectivity index (χ4v) is 1.65. The van der Waals surface area contributed by atoms with Crippen LogP contribution in [-0.4, -0.2) is 26.8 Å². The molecule has 0 aliphatic carbocycles. The van der Waals surface area contributed by atoms with Gasteiger partial charge in [0, 0.05) is 0 Å². The molecule has 0 spiro atoms. The van der Waals surface area contributed by atoms with E-state index in [1.807, 2.05) is 25.2 Å². The Hall–Kier alpha value is -1.06. The van der Waals surface area contributed by atoms with Crippen LogP contribution in [0.25, 0.3) is 0 Å². The highest BCUT2D eigenvalue weighted by molar-refractivity contribution is 5.27. The van der Waals surface area contributed by atoms with Crippen molar-refractivity contribution in [2.45, 2.75) is 32.5 Å². The number of rotatable bonds is 8. The Morgan fingerprint density at radius 3 is 2.88 bits per heavy atom. The summed E-state index contributed by atoms with van der Waals surface area (Å²) in [5.74, 6) is 0.883. The molecule has 3 heteroatoms. The van der Waals surface area contributed by atoms with E-state index in [0.717, 1.165) is 30.7 Å². The summed E-state index contributed by atoms with van der Waals surface area (Å²) in [5, 5.41) is 3.14. The van der Waals surface area contributed by atoms with Gasteiger partial charge in [0.15, 0.2) is 0 Å². The van der Waals surface area contributed by atoms with Crippen molar-refractivity contribution >= 4 is 0 Å². The van der Waals surface area contributed by atoms with Crippen molar-refractivity contribution < 1.29 is 9.47 Å². The quantitative estimate of drug-likeness (QED) is 0.705. The van der Waals surface area contributed by atoms with Crippen molar-refractivity contribution in [3.63, 3.8) is 0 Å². The highest BCUT2D eigenvalue weighted by Gasteiger charge is 2.03. The molecule has 1 rings (SSSR count). The maximum atomic E-state index is 5.79. The summed E-state index contributed by atoms with van der Waals surface area (Å²) in [4.78, 5) is 0. The normalized spacial score (nSPS) is 12.4. The van der Waals surface area contributed by atoms with Crippen LogP contribution in [0.2, 0.25) is 0 Å². The molecular formula is C14H23NO2. The van der Waals surface area contributed by atoms with Crippen LogP contribution < -0.4 is 10.1 Å². The van der Waals surface area contributed by atoms with Gasteiger partial charge >= 0.3 is 0 Å². The van der Waals surface area contributed by atoms with E-state index >= 15 is 0 Å². The van der Waals surface area contributed by atoms with Gasteiger partial charge < -0.3 is 14.8 Å². The van der Waals surface area contributed by atoms with Gasteiger partial charge in [-0.05, 0) is 51.1 Å². The Morgan fingerprint density at radius 2 is 2.18 bits per heavy atom. The average Bonchev–Trinajstić information content (AvgIpc) is 2.37. The molecule has 0 heterocycles. The molecule has 0 aromatic heterocycles. The van der Waals surface area contributed by atoms with E-state index in [4.69, 9.17) is 9.47 Å².